The van der Waals surface area contributed by atoms with Gasteiger partial charge in [-0.3, -0.25) is 9.59 Å². The second-order valence-electron chi connectivity index (χ2n) is 5.87. The van der Waals surface area contributed by atoms with Gasteiger partial charge in [0.15, 0.2) is 5.76 Å². The van der Waals surface area contributed by atoms with Crippen molar-refractivity contribution >= 4 is 23.2 Å². The van der Waals surface area contributed by atoms with Crippen molar-refractivity contribution in [1.29, 1.82) is 0 Å². The Balaban J connectivity index is 1.81. The predicted octanol–water partition coefficient (Wildman–Crippen LogP) is 4.54. The van der Waals surface area contributed by atoms with Crippen LogP contribution in [0.5, 0.6) is 0 Å². The van der Waals surface area contributed by atoms with Crippen LogP contribution in [-0.4, -0.2) is 11.8 Å². The Hall–Kier alpha value is -3.41. The lowest BCUT2D eigenvalue weighted by molar-refractivity contribution is 0.0993. The van der Waals surface area contributed by atoms with E-state index in [0.29, 0.717) is 16.9 Å². The molecular weight excluding hydrogens is 335 g/mol. The molecule has 0 fully saturated rings. The van der Waals surface area contributed by atoms with Gasteiger partial charge in [-0.25, -0.2) is 4.39 Å². The molecule has 0 radical (unpaired) electrons. The number of anilines is 2. The fourth-order valence-corrected chi connectivity index (χ4v) is 2.41. The molecule has 1 heterocycles. The maximum atomic E-state index is 13.4. The summed E-state index contributed by atoms with van der Waals surface area (Å²) in [6.07, 6.45) is 1.41. The van der Waals surface area contributed by atoms with Crippen molar-refractivity contribution in [1.82, 2.24) is 0 Å². The smallest absolute Gasteiger partial charge is 0.291 e. The van der Waals surface area contributed by atoms with Crippen LogP contribution in [0.15, 0.2) is 59.2 Å². The summed E-state index contributed by atoms with van der Waals surface area (Å²) in [6.45, 7) is 3.59. The van der Waals surface area contributed by atoms with E-state index in [1.54, 1.807) is 43.3 Å². The first-order valence-electron chi connectivity index (χ1n) is 7.97. The van der Waals surface area contributed by atoms with Crippen molar-refractivity contribution in [3.63, 3.8) is 0 Å². The second kappa shape index (κ2) is 7.23. The molecule has 0 aliphatic heterocycles. The van der Waals surface area contributed by atoms with Crippen LogP contribution in [0.1, 0.15) is 32.0 Å². The number of carbonyl (C=O) groups excluding carboxylic acids is 2. The topological polar surface area (TPSA) is 71.3 Å². The van der Waals surface area contributed by atoms with E-state index in [0.717, 1.165) is 11.1 Å². The zero-order valence-electron chi connectivity index (χ0n) is 14.3. The van der Waals surface area contributed by atoms with Crippen LogP contribution in [-0.2, 0) is 0 Å². The number of hydrogen-bond acceptors (Lipinski definition) is 3. The quantitative estimate of drug-likeness (QED) is 0.724. The van der Waals surface area contributed by atoms with Crippen LogP contribution >= 0.6 is 0 Å². The third-order valence-electron chi connectivity index (χ3n) is 3.94. The molecule has 3 rings (SSSR count). The van der Waals surface area contributed by atoms with E-state index >= 15 is 0 Å². The van der Waals surface area contributed by atoms with E-state index in [1.165, 1.54) is 18.4 Å². The zero-order chi connectivity index (χ0) is 18.7. The molecule has 0 aliphatic rings. The highest BCUT2D eigenvalue weighted by atomic mass is 19.1. The molecule has 0 saturated carbocycles. The molecule has 0 saturated heterocycles. The van der Waals surface area contributed by atoms with Gasteiger partial charge in [-0.2, -0.15) is 0 Å². The van der Waals surface area contributed by atoms with Gasteiger partial charge >= 0.3 is 0 Å². The first kappa shape index (κ1) is 17.4. The Morgan fingerprint density at radius 1 is 0.885 bits per heavy atom. The average molecular weight is 352 g/mol. The lowest BCUT2D eigenvalue weighted by atomic mass is 10.1. The summed E-state index contributed by atoms with van der Waals surface area (Å²) >= 11 is 0. The maximum Gasteiger partial charge on any atom is 0.291 e. The molecule has 5 nitrogen and oxygen atoms in total. The fourth-order valence-electron chi connectivity index (χ4n) is 2.41. The van der Waals surface area contributed by atoms with Gasteiger partial charge in [-0.05, 0) is 61.4 Å². The Labute approximate surface area is 149 Å². The minimum atomic E-state index is -0.429. The summed E-state index contributed by atoms with van der Waals surface area (Å²) in [6, 6.07) is 12.3. The standard InChI is InChI=1S/C20H17FN2O3/c1-12-5-7-14(10-16(12)23-20(25)18-4-3-9-26-18)19(24)22-17-11-15(21)8-6-13(17)2/h3-11H,1-2H3,(H,22,24)(H,23,25). The molecule has 2 aromatic carbocycles. The van der Waals surface area contributed by atoms with E-state index in [1.807, 2.05) is 6.92 Å². The van der Waals surface area contributed by atoms with Crippen LogP contribution < -0.4 is 10.6 Å². The lowest BCUT2D eigenvalue weighted by Crippen LogP contribution is -2.15. The van der Waals surface area contributed by atoms with Crippen LogP contribution in [0.2, 0.25) is 0 Å². The van der Waals surface area contributed by atoms with Crippen molar-refractivity contribution < 1.29 is 18.4 Å². The predicted molar refractivity (Wildman–Crippen MR) is 96.9 cm³/mol. The largest absolute Gasteiger partial charge is 0.459 e. The monoisotopic (exact) mass is 352 g/mol. The molecule has 0 spiro atoms. The van der Waals surface area contributed by atoms with Crippen LogP contribution in [0, 0.1) is 19.7 Å². The highest BCUT2D eigenvalue weighted by Crippen LogP contribution is 2.21. The van der Waals surface area contributed by atoms with E-state index in [4.69, 9.17) is 4.42 Å². The summed E-state index contributed by atoms with van der Waals surface area (Å²) in [5.41, 5.74) is 2.78. The SMILES string of the molecule is Cc1ccc(F)cc1NC(=O)c1ccc(C)c(NC(=O)c2ccco2)c1. The van der Waals surface area contributed by atoms with Crippen LogP contribution in [0.3, 0.4) is 0 Å². The van der Waals surface area contributed by atoms with E-state index in [-0.39, 0.29) is 5.76 Å². The number of benzene rings is 2. The first-order valence-corrected chi connectivity index (χ1v) is 7.97. The van der Waals surface area contributed by atoms with Gasteiger partial charge in [-0.1, -0.05) is 12.1 Å². The molecule has 0 bridgehead atoms. The summed E-state index contributed by atoms with van der Waals surface area (Å²) < 4.78 is 18.4. The molecule has 0 atom stereocenters. The molecule has 26 heavy (non-hydrogen) atoms. The molecule has 0 unspecified atom stereocenters. The lowest BCUT2D eigenvalue weighted by Gasteiger charge is -2.11. The Morgan fingerprint density at radius 3 is 2.23 bits per heavy atom. The van der Waals surface area contributed by atoms with Crippen molar-refractivity contribution in [2.75, 3.05) is 10.6 Å². The highest BCUT2D eigenvalue weighted by Gasteiger charge is 2.14. The van der Waals surface area contributed by atoms with Gasteiger partial charge in [0.25, 0.3) is 11.8 Å². The Bertz CT molecular complexity index is 965. The molecule has 1 aromatic heterocycles. The molecular formula is C20H17FN2O3. The molecule has 6 heteroatoms. The number of carbonyl (C=O) groups is 2. The van der Waals surface area contributed by atoms with Crippen molar-refractivity contribution in [2.24, 2.45) is 0 Å². The summed E-state index contributed by atoms with van der Waals surface area (Å²) in [5.74, 6) is -1.06. The van der Waals surface area contributed by atoms with Gasteiger partial charge in [0.1, 0.15) is 5.82 Å². The first-order chi connectivity index (χ1) is 12.4. The fraction of sp³-hybridized carbons (Fsp3) is 0.100. The average Bonchev–Trinajstić information content (AvgIpc) is 3.14. The highest BCUT2D eigenvalue weighted by molar-refractivity contribution is 6.07. The molecule has 2 amide bonds. The number of furan rings is 1. The van der Waals surface area contributed by atoms with Crippen molar-refractivity contribution in [3.8, 4) is 0 Å². The van der Waals surface area contributed by atoms with E-state index < -0.39 is 17.6 Å². The van der Waals surface area contributed by atoms with Crippen LogP contribution in [0.4, 0.5) is 15.8 Å². The van der Waals surface area contributed by atoms with Gasteiger partial charge in [0.2, 0.25) is 0 Å². The van der Waals surface area contributed by atoms with E-state index in [2.05, 4.69) is 10.6 Å². The molecule has 0 aliphatic carbocycles. The minimum absolute atomic E-state index is 0.176. The number of aryl methyl sites for hydroxylation is 2. The minimum Gasteiger partial charge on any atom is -0.459 e. The number of halogens is 1. The van der Waals surface area contributed by atoms with Crippen molar-refractivity contribution in [2.45, 2.75) is 13.8 Å². The molecule has 132 valence electrons. The van der Waals surface area contributed by atoms with Crippen molar-refractivity contribution in [3.05, 3.63) is 83.1 Å². The number of nitrogens with one attached hydrogen (secondary N) is 2. The van der Waals surface area contributed by atoms with E-state index in [9.17, 15) is 14.0 Å². The summed E-state index contributed by atoms with van der Waals surface area (Å²) in [4.78, 5) is 24.6. The third-order valence-corrected chi connectivity index (χ3v) is 3.94. The van der Waals surface area contributed by atoms with Gasteiger partial charge in [0.05, 0.1) is 6.26 Å². The molecule has 3 aromatic rings. The number of amides is 2. The zero-order valence-corrected chi connectivity index (χ0v) is 14.3. The number of hydrogen-bond donors (Lipinski definition) is 2. The molecule has 2 N–H and O–H groups in total. The number of rotatable bonds is 4. The van der Waals surface area contributed by atoms with Gasteiger partial charge < -0.3 is 15.1 Å². The van der Waals surface area contributed by atoms with Gasteiger partial charge in [-0.15, -0.1) is 0 Å². The maximum absolute atomic E-state index is 13.4. The summed E-state index contributed by atoms with van der Waals surface area (Å²) in [7, 11) is 0. The normalized spacial score (nSPS) is 10.4. The third kappa shape index (κ3) is 3.80. The van der Waals surface area contributed by atoms with Gasteiger partial charge in [0, 0.05) is 16.9 Å². The second-order valence-corrected chi connectivity index (χ2v) is 5.87. The Kier molecular flexibility index (Phi) is 4.84. The Morgan fingerprint density at radius 2 is 1.54 bits per heavy atom. The van der Waals surface area contributed by atoms with Crippen LogP contribution in [0.25, 0.3) is 0 Å². The summed E-state index contributed by atoms with van der Waals surface area (Å²) in [5, 5.41) is 5.40.